The zero-order chi connectivity index (χ0) is 19.8. The second-order valence-electron chi connectivity index (χ2n) is 5.61. The molecule has 0 aliphatic carbocycles. The minimum atomic E-state index is -0.512. The van der Waals surface area contributed by atoms with Gasteiger partial charge in [0.25, 0.3) is 0 Å². The first-order valence-electron chi connectivity index (χ1n) is 8.44. The molecule has 3 N–H and O–H groups in total. The highest BCUT2D eigenvalue weighted by atomic mass is 16.5. The molecule has 8 heteroatoms. The van der Waals surface area contributed by atoms with Crippen molar-refractivity contribution in [1.82, 2.24) is 15.0 Å². The molecule has 0 aliphatic heterocycles. The molecule has 28 heavy (non-hydrogen) atoms. The summed E-state index contributed by atoms with van der Waals surface area (Å²) in [5.74, 6) is 0.579. The molecular weight excluding hydrogens is 358 g/mol. The summed E-state index contributed by atoms with van der Waals surface area (Å²) in [5, 5.41) is 3.02. The summed E-state index contributed by atoms with van der Waals surface area (Å²) in [7, 11) is 1.57. The Balaban J connectivity index is 1.64. The molecule has 0 unspecified atom stereocenters. The van der Waals surface area contributed by atoms with Crippen LogP contribution in [0.15, 0.2) is 60.7 Å². The van der Waals surface area contributed by atoms with Crippen LogP contribution in [0.25, 0.3) is 6.08 Å². The zero-order valence-electron chi connectivity index (χ0n) is 15.2. The summed E-state index contributed by atoms with van der Waals surface area (Å²) >= 11 is 0. The number of anilines is 3. The first-order valence-corrected chi connectivity index (χ1v) is 8.44. The van der Waals surface area contributed by atoms with E-state index in [0.29, 0.717) is 11.4 Å². The Morgan fingerprint density at radius 2 is 1.82 bits per heavy atom. The zero-order valence-corrected chi connectivity index (χ0v) is 15.2. The van der Waals surface area contributed by atoms with Crippen molar-refractivity contribution in [2.75, 3.05) is 18.2 Å². The Bertz CT molecular complexity index is 977. The van der Waals surface area contributed by atoms with Crippen molar-refractivity contribution in [2.24, 2.45) is 0 Å². The second kappa shape index (κ2) is 9.13. The third kappa shape index (κ3) is 5.28. The van der Waals surface area contributed by atoms with Crippen molar-refractivity contribution in [2.45, 2.75) is 6.61 Å². The Hall–Kier alpha value is -3.94. The summed E-state index contributed by atoms with van der Waals surface area (Å²) in [5.41, 5.74) is 7.30. The lowest BCUT2D eigenvalue weighted by Gasteiger charge is -2.10. The Labute approximate surface area is 162 Å². The molecule has 2 aromatic carbocycles. The fraction of sp³-hybridized carbons (Fsp3) is 0.100. The maximum absolute atomic E-state index is 11.9. The van der Waals surface area contributed by atoms with Gasteiger partial charge in [0.2, 0.25) is 11.9 Å². The highest BCUT2D eigenvalue weighted by Gasteiger charge is 2.09. The van der Waals surface area contributed by atoms with E-state index in [0.717, 1.165) is 5.56 Å². The third-order valence-corrected chi connectivity index (χ3v) is 3.61. The maximum atomic E-state index is 11.9. The number of rotatable bonds is 7. The van der Waals surface area contributed by atoms with Crippen LogP contribution in [0.3, 0.4) is 0 Å². The fourth-order valence-electron chi connectivity index (χ4n) is 2.34. The van der Waals surface area contributed by atoms with Gasteiger partial charge in [0.05, 0.1) is 12.8 Å². The molecule has 1 aromatic heterocycles. The van der Waals surface area contributed by atoms with Gasteiger partial charge in [0, 0.05) is 6.08 Å². The van der Waals surface area contributed by atoms with Crippen LogP contribution in [0.1, 0.15) is 11.4 Å². The molecule has 0 aliphatic rings. The predicted octanol–water partition coefficient (Wildman–Crippen LogP) is 2.96. The number of methoxy groups -OCH3 is 1. The first-order chi connectivity index (χ1) is 13.6. The van der Waals surface area contributed by atoms with Gasteiger partial charge in [-0.1, -0.05) is 42.5 Å². The number of carbonyl (C=O) groups excluding carboxylic acids is 1. The molecule has 0 bridgehead atoms. The molecular formula is C20H19N5O3. The van der Waals surface area contributed by atoms with Gasteiger partial charge < -0.3 is 20.5 Å². The van der Waals surface area contributed by atoms with Crippen LogP contribution < -0.4 is 15.8 Å². The minimum absolute atomic E-state index is 0.0123. The van der Waals surface area contributed by atoms with Crippen molar-refractivity contribution in [3.63, 3.8) is 0 Å². The third-order valence-electron chi connectivity index (χ3n) is 3.61. The smallest absolute Gasteiger partial charge is 0.331 e. The molecule has 0 radical (unpaired) electrons. The van der Waals surface area contributed by atoms with Gasteiger partial charge in [0.1, 0.15) is 5.75 Å². The quantitative estimate of drug-likeness (QED) is 0.477. The van der Waals surface area contributed by atoms with Crippen LogP contribution in [0.4, 0.5) is 17.6 Å². The first kappa shape index (κ1) is 18.8. The Kier molecular flexibility index (Phi) is 6.14. The van der Waals surface area contributed by atoms with E-state index in [1.165, 1.54) is 6.08 Å². The van der Waals surface area contributed by atoms with Gasteiger partial charge in [-0.15, -0.1) is 0 Å². The van der Waals surface area contributed by atoms with E-state index in [1.807, 2.05) is 48.5 Å². The predicted molar refractivity (Wildman–Crippen MR) is 106 cm³/mol. The standard InChI is InChI=1S/C20H19N5O3/c1-27-16-10-6-5-9-15(16)22-20-24-17(23-19(21)25-20)13-28-18(26)12-11-14-7-3-2-4-8-14/h2-12H,13H2,1H3,(H3,21,22,23,24,25)/b12-11+. The minimum Gasteiger partial charge on any atom is -0.495 e. The number of hydrogen-bond donors (Lipinski definition) is 2. The van der Waals surface area contributed by atoms with Gasteiger partial charge in [-0.25, -0.2) is 4.79 Å². The van der Waals surface area contributed by atoms with Crippen LogP contribution in [-0.2, 0) is 16.1 Å². The van der Waals surface area contributed by atoms with Crippen molar-refractivity contribution < 1.29 is 14.3 Å². The fourth-order valence-corrected chi connectivity index (χ4v) is 2.34. The number of nitrogen functional groups attached to an aromatic ring is 1. The van der Waals surface area contributed by atoms with Crippen LogP contribution in [0, 0.1) is 0 Å². The number of ether oxygens (including phenoxy) is 2. The van der Waals surface area contributed by atoms with E-state index in [-0.39, 0.29) is 24.3 Å². The molecule has 1 heterocycles. The summed E-state index contributed by atoms with van der Waals surface area (Å²) in [6.07, 6.45) is 3.01. The van der Waals surface area contributed by atoms with Gasteiger partial charge in [-0.05, 0) is 23.8 Å². The van der Waals surface area contributed by atoms with E-state index in [1.54, 1.807) is 19.3 Å². The molecule has 142 valence electrons. The number of nitrogens with one attached hydrogen (secondary N) is 1. The van der Waals surface area contributed by atoms with E-state index in [4.69, 9.17) is 15.2 Å². The Morgan fingerprint density at radius 3 is 2.61 bits per heavy atom. The van der Waals surface area contributed by atoms with E-state index in [2.05, 4.69) is 20.3 Å². The largest absolute Gasteiger partial charge is 0.495 e. The highest BCUT2D eigenvalue weighted by molar-refractivity contribution is 5.87. The van der Waals surface area contributed by atoms with Gasteiger partial charge in [-0.3, -0.25) is 0 Å². The Morgan fingerprint density at radius 1 is 1.07 bits per heavy atom. The number of benzene rings is 2. The van der Waals surface area contributed by atoms with E-state index >= 15 is 0 Å². The normalized spacial score (nSPS) is 10.6. The number of nitrogens with zero attached hydrogens (tertiary/aromatic N) is 3. The molecule has 3 rings (SSSR count). The molecule has 0 fully saturated rings. The number of carbonyl (C=O) groups is 1. The number of nitrogens with two attached hydrogens (primary N) is 1. The van der Waals surface area contributed by atoms with Gasteiger partial charge in [-0.2, -0.15) is 15.0 Å². The summed E-state index contributed by atoms with van der Waals surface area (Å²) in [4.78, 5) is 24.1. The van der Waals surface area contributed by atoms with Gasteiger partial charge >= 0.3 is 5.97 Å². The van der Waals surface area contributed by atoms with Crippen molar-refractivity contribution in [1.29, 1.82) is 0 Å². The lowest BCUT2D eigenvalue weighted by atomic mass is 10.2. The summed E-state index contributed by atoms with van der Waals surface area (Å²) in [6.45, 7) is -0.134. The average Bonchev–Trinajstić information content (AvgIpc) is 2.71. The number of hydrogen-bond acceptors (Lipinski definition) is 8. The number of aromatic nitrogens is 3. The summed E-state index contributed by atoms with van der Waals surface area (Å²) < 4.78 is 10.4. The molecule has 0 atom stereocenters. The van der Waals surface area contributed by atoms with E-state index in [9.17, 15) is 4.79 Å². The molecule has 0 amide bonds. The molecule has 0 spiro atoms. The van der Waals surface area contributed by atoms with Crippen LogP contribution in [0.5, 0.6) is 5.75 Å². The highest BCUT2D eigenvalue weighted by Crippen LogP contribution is 2.25. The van der Waals surface area contributed by atoms with Crippen LogP contribution in [0.2, 0.25) is 0 Å². The molecule has 3 aromatic rings. The van der Waals surface area contributed by atoms with Crippen LogP contribution in [-0.4, -0.2) is 28.0 Å². The van der Waals surface area contributed by atoms with Crippen molar-refractivity contribution >= 4 is 29.6 Å². The average molecular weight is 377 g/mol. The van der Waals surface area contributed by atoms with E-state index < -0.39 is 5.97 Å². The van der Waals surface area contributed by atoms with Gasteiger partial charge in [0.15, 0.2) is 12.4 Å². The lowest BCUT2D eigenvalue weighted by Crippen LogP contribution is -2.10. The topological polar surface area (TPSA) is 112 Å². The SMILES string of the molecule is COc1ccccc1Nc1nc(N)nc(COC(=O)/C=C/c2ccccc2)n1. The maximum Gasteiger partial charge on any atom is 0.331 e. The lowest BCUT2D eigenvalue weighted by molar-refractivity contribution is -0.139. The van der Waals surface area contributed by atoms with Crippen LogP contribution >= 0.6 is 0 Å². The molecule has 8 nitrogen and oxygen atoms in total. The van der Waals surface area contributed by atoms with Crippen molar-refractivity contribution in [3.05, 3.63) is 72.1 Å². The molecule has 0 saturated carbocycles. The van der Waals surface area contributed by atoms with Crippen molar-refractivity contribution in [3.8, 4) is 5.75 Å². The number of para-hydroxylation sites is 2. The summed E-state index contributed by atoms with van der Waals surface area (Å²) in [6, 6.07) is 16.7. The number of esters is 1. The monoisotopic (exact) mass is 377 g/mol. The second-order valence-corrected chi connectivity index (χ2v) is 5.61. The molecule has 0 saturated heterocycles.